The molecule has 4 rings (SSSR count). The predicted octanol–water partition coefficient (Wildman–Crippen LogP) is 2.43. The van der Waals surface area contributed by atoms with Crippen LogP contribution in [-0.4, -0.2) is 46.7 Å². The second kappa shape index (κ2) is 5.43. The summed E-state index contributed by atoms with van der Waals surface area (Å²) in [7, 11) is 0. The molecule has 2 saturated carbocycles. The quantitative estimate of drug-likeness (QED) is 0.709. The van der Waals surface area contributed by atoms with E-state index in [2.05, 4.69) is 13.8 Å². The largest absolute Gasteiger partial charge is 0.463 e. The number of esters is 1. The third-order valence-electron chi connectivity index (χ3n) is 8.57. The maximum absolute atomic E-state index is 11.7. The highest BCUT2D eigenvalue weighted by Crippen LogP contribution is 2.68. The van der Waals surface area contributed by atoms with E-state index in [9.17, 15) is 15.0 Å². The maximum Gasteiger partial charge on any atom is 0.308 e. The van der Waals surface area contributed by atoms with Crippen molar-refractivity contribution >= 4 is 5.97 Å². The lowest BCUT2D eigenvalue weighted by atomic mass is 9.43. The van der Waals surface area contributed by atoms with Crippen LogP contribution in [0.1, 0.15) is 65.7 Å². The molecule has 0 amide bonds. The van der Waals surface area contributed by atoms with E-state index in [1.807, 2.05) is 6.92 Å². The van der Waals surface area contributed by atoms with E-state index in [4.69, 9.17) is 9.47 Å². The summed E-state index contributed by atoms with van der Waals surface area (Å²) in [5.41, 5.74) is -1.33. The van der Waals surface area contributed by atoms with Crippen LogP contribution in [0.2, 0.25) is 0 Å². The molecule has 0 aromatic rings. The van der Waals surface area contributed by atoms with E-state index in [0.717, 1.165) is 32.1 Å². The SMILES string of the molecule is CC1CCC2[C@](C)(CC[C@@H](O)[C@]2(C)CO)[C@]12CCC1(COC(=O)C1)O2. The van der Waals surface area contributed by atoms with E-state index >= 15 is 0 Å². The Bertz CT molecular complexity index is 578. The van der Waals surface area contributed by atoms with Crippen molar-refractivity contribution in [3.8, 4) is 0 Å². The number of aliphatic hydroxyl groups is 2. The van der Waals surface area contributed by atoms with Crippen LogP contribution in [0.15, 0.2) is 0 Å². The molecule has 2 aliphatic carbocycles. The molecule has 3 unspecified atom stereocenters. The van der Waals surface area contributed by atoms with Crippen LogP contribution in [0.4, 0.5) is 0 Å². The van der Waals surface area contributed by atoms with Crippen LogP contribution >= 0.6 is 0 Å². The topological polar surface area (TPSA) is 76.0 Å². The Morgan fingerprint density at radius 3 is 2.56 bits per heavy atom. The Balaban J connectivity index is 1.74. The van der Waals surface area contributed by atoms with Gasteiger partial charge in [0.15, 0.2) is 0 Å². The van der Waals surface area contributed by atoms with Crippen molar-refractivity contribution in [3.05, 3.63) is 0 Å². The number of rotatable bonds is 1. The molecule has 2 saturated heterocycles. The summed E-state index contributed by atoms with van der Waals surface area (Å²) >= 11 is 0. The molecule has 2 aliphatic heterocycles. The molecule has 5 heteroatoms. The number of hydrogen-bond acceptors (Lipinski definition) is 5. The fourth-order valence-electron chi connectivity index (χ4n) is 6.94. The number of cyclic esters (lactones) is 1. The minimum absolute atomic E-state index is 0.00558. The monoisotopic (exact) mass is 352 g/mol. The molecule has 0 radical (unpaired) electrons. The second-order valence-corrected chi connectivity index (χ2v) is 9.68. The standard InChI is InChI=1S/C20H32O5/c1-13-4-5-14-17(2,11-21)15(22)6-7-18(14,3)20(13)9-8-19(25-20)10-16(23)24-12-19/h13-15,21-22H,4-12H2,1-3H3/t13?,14?,15-,17-,18+,19?,20+/m1/s1. The van der Waals surface area contributed by atoms with Crippen molar-refractivity contribution in [2.24, 2.45) is 22.7 Å². The smallest absolute Gasteiger partial charge is 0.308 e. The average molecular weight is 352 g/mol. The van der Waals surface area contributed by atoms with Crippen molar-refractivity contribution in [1.82, 2.24) is 0 Å². The van der Waals surface area contributed by atoms with Crippen molar-refractivity contribution in [3.63, 3.8) is 0 Å². The Kier molecular flexibility index (Phi) is 3.85. The van der Waals surface area contributed by atoms with Gasteiger partial charge in [-0.15, -0.1) is 0 Å². The van der Waals surface area contributed by atoms with E-state index < -0.39 is 17.1 Å². The number of carbonyl (C=O) groups is 1. The van der Waals surface area contributed by atoms with Crippen molar-refractivity contribution in [1.29, 1.82) is 0 Å². The van der Waals surface area contributed by atoms with Crippen molar-refractivity contribution in [2.75, 3.05) is 13.2 Å². The van der Waals surface area contributed by atoms with Gasteiger partial charge in [-0.2, -0.15) is 0 Å². The van der Waals surface area contributed by atoms with Gasteiger partial charge in [-0.1, -0.05) is 20.8 Å². The normalized spacial score (nSPS) is 55.6. The van der Waals surface area contributed by atoms with Gasteiger partial charge in [-0.05, 0) is 50.4 Å². The highest BCUT2D eigenvalue weighted by molar-refractivity contribution is 5.73. The summed E-state index contributed by atoms with van der Waals surface area (Å²) in [6.07, 6.45) is 5.36. The van der Waals surface area contributed by atoms with Crippen molar-refractivity contribution < 1.29 is 24.5 Å². The minimum atomic E-state index is -0.485. The predicted molar refractivity (Wildman–Crippen MR) is 91.8 cm³/mol. The van der Waals surface area contributed by atoms with Gasteiger partial charge in [0.1, 0.15) is 12.2 Å². The molecule has 0 aromatic carbocycles. The van der Waals surface area contributed by atoms with Gasteiger partial charge >= 0.3 is 5.97 Å². The van der Waals surface area contributed by atoms with E-state index in [1.54, 1.807) is 0 Å². The van der Waals surface area contributed by atoms with Crippen LogP contribution in [0.25, 0.3) is 0 Å². The minimum Gasteiger partial charge on any atom is -0.463 e. The molecule has 4 fully saturated rings. The van der Waals surface area contributed by atoms with Gasteiger partial charge in [0.05, 0.1) is 24.7 Å². The molecular weight excluding hydrogens is 320 g/mol. The summed E-state index contributed by atoms with van der Waals surface area (Å²) in [6.45, 7) is 7.01. The molecule has 0 aromatic heterocycles. The molecule has 4 aliphatic rings. The first-order chi connectivity index (χ1) is 11.7. The summed E-state index contributed by atoms with van der Waals surface area (Å²) in [4.78, 5) is 11.7. The molecule has 0 bridgehead atoms. The summed E-state index contributed by atoms with van der Waals surface area (Å²) in [5, 5.41) is 20.8. The molecule has 2 spiro atoms. The summed E-state index contributed by atoms with van der Waals surface area (Å²) < 4.78 is 12.1. The van der Waals surface area contributed by atoms with E-state index in [-0.39, 0.29) is 29.5 Å². The van der Waals surface area contributed by atoms with Crippen LogP contribution in [0.5, 0.6) is 0 Å². The van der Waals surface area contributed by atoms with Crippen LogP contribution < -0.4 is 0 Å². The Morgan fingerprint density at radius 1 is 1.16 bits per heavy atom. The molecule has 7 atom stereocenters. The van der Waals surface area contributed by atoms with Crippen LogP contribution in [0, 0.1) is 22.7 Å². The molecule has 2 N–H and O–H groups in total. The number of carbonyl (C=O) groups excluding carboxylic acids is 1. The molecule has 25 heavy (non-hydrogen) atoms. The zero-order valence-corrected chi connectivity index (χ0v) is 15.7. The van der Waals surface area contributed by atoms with Gasteiger partial charge in [0, 0.05) is 10.8 Å². The van der Waals surface area contributed by atoms with Crippen molar-refractivity contribution in [2.45, 2.75) is 83.0 Å². The zero-order valence-electron chi connectivity index (χ0n) is 15.7. The van der Waals surface area contributed by atoms with E-state index in [0.29, 0.717) is 25.4 Å². The molecule has 2 heterocycles. The van der Waals surface area contributed by atoms with Crippen LogP contribution in [-0.2, 0) is 14.3 Å². The number of fused-ring (bicyclic) bond motifs is 2. The Labute approximate surface area is 150 Å². The highest BCUT2D eigenvalue weighted by Gasteiger charge is 2.69. The zero-order chi connectivity index (χ0) is 18.1. The number of aliphatic hydroxyl groups excluding tert-OH is 2. The average Bonchev–Trinajstić information content (AvgIpc) is 3.14. The lowest BCUT2D eigenvalue weighted by Crippen LogP contribution is -2.66. The first-order valence-corrected chi connectivity index (χ1v) is 9.86. The third kappa shape index (κ3) is 2.15. The lowest BCUT2D eigenvalue weighted by Gasteiger charge is -2.65. The maximum atomic E-state index is 11.7. The van der Waals surface area contributed by atoms with Gasteiger partial charge in [-0.25, -0.2) is 0 Å². The van der Waals surface area contributed by atoms with Gasteiger partial charge in [0.25, 0.3) is 0 Å². The number of ether oxygens (including phenoxy) is 2. The molecule has 5 nitrogen and oxygen atoms in total. The lowest BCUT2D eigenvalue weighted by molar-refractivity contribution is -0.266. The summed E-state index contributed by atoms with van der Waals surface area (Å²) in [5.74, 6) is 0.474. The van der Waals surface area contributed by atoms with Gasteiger partial charge in [-0.3, -0.25) is 4.79 Å². The fourth-order valence-corrected chi connectivity index (χ4v) is 6.94. The van der Waals surface area contributed by atoms with Crippen LogP contribution in [0.3, 0.4) is 0 Å². The molecular formula is C20H32O5. The van der Waals surface area contributed by atoms with Gasteiger partial charge < -0.3 is 19.7 Å². The Morgan fingerprint density at radius 2 is 1.92 bits per heavy atom. The Hall–Kier alpha value is -0.650. The highest BCUT2D eigenvalue weighted by atomic mass is 16.6. The molecule has 142 valence electrons. The fraction of sp³-hybridized carbons (Fsp3) is 0.950. The van der Waals surface area contributed by atoms with Gasteiger partial charge in [0.2, 0.25) is 0 Å². The number of hydrogen-bond donors (Lipinski definition) is 2. The summed E-state index contributed by atoms with van der Waals surface area (Å²) in [6, 6.07) is 0. The first-order valence-electron chi connectivity index (χ1n) is 9.86. The first kappa shape index (κ1) is 17.7. The third-order valence-corrected chi connectivity index (χ3v) is 8.57. The second-order valence-electron chi connectivity index (χ2n) is 9.68. The van der Waals surface area contributed by atoms with E-state index in [1.165, 1.54) is 0 Å².